The lowest BCUT2D eigenvalue weighted by Crippen LogP contribution is -2.13. The van der Waals surface area contributed by atoms with Crippen molar-refractivity contribution in [1.82, 2.24) is 0 Å². The monoisotopic (exact) mass is 344 g/mol. The highest BCUT2D eigenvalue weighted by molar-refractivity contribution is 5.65. The Labute approximate surface area is 149 Å². The van der Waals surface area contributed by atoms with Gasteiger partial charge in [0, 0.05) is 5.56 Å². The maximum Gasteiger partial charge on any atom is 0.166 e. The van der Waals surface area contributed by atoms with Gasteiger partial charge >= 0.3 is 0 Å². The number of hydrogen-bond donors (Lipinski definition) is 0. The van der Waals surface area contributed by atoms with Gasteiger partial charge in [0.1, 0.15) is 5.75 Å². The first-order chi connectivity index (χ1) is 12.1. The molecular weight excluding hydrogens is 318 g/mol. The summed E-state index contributed by atoms with van der Waals surface area (Å²) in [6.07, 6.45) is 6.52. The maximum atomic E-state index is 14.5. The van der Waals surface area contributed by atoms with Crippen LogP contribution in [0.2, 0.25) is 0 Å². The topological polar surface area (TPSA) is 9.23 Å². The van der Waals surface area contributed by atoms with Crippen molar-refractivity contribution in [2.24, 2.45) is 11.8 Å². The van der Waals surface area contributed by atoms with Crippen LogP contribution in [0.1, 0.15) is 44.6 Å². The lowest BCUT2D eigenvalue weighted by molar-refractivity contribution is 0.277. The highest BCUT2D eigenvalue weighted by Gasteiger charge is 2.20. The van der Waals surface area contributed by atoms with Crippen LogP contribution in [0, 0.1) is 23.5 Å². The molecule has 134 valence electrons. The minimum absolute atomic E-state index is 0.301. The van der Waals surface area contributed by atoms with Gasteiger partial charge < -0.3 is 4.74 Å². The van der Waals surface area contributed by atoms with E-state index in [1.807, 2.05) is 0 Å². The SMILES string of the molecule is COc1ccc(-c2ccc(CCC3CCC(C)CC3)c(F)c2F)cc1. The number of benzene rings is 2. The Morgan fingerprint density at radius 2 is 1.60 bits per heavy atom. The van der Waals surface area contributed by atoms with E-state index in [1.54, 1.807) is 43.5 Å². The van der Waals surface area contributed by atoms with E-state index < -0.39 is 11.6 Å². The molecule has 25 heavy (non-hydrogen) atoms. The zero-order chi connectivity index (χ0) is 17.8. The summed E-state index contributed by atoms with van der Waals surface area (Å²) in [7, 11) is 1.58. The van der Waals surface area contributed by atoms with Gasteiger partial charge in [0.25, 0.3) is 0 Å². The fourth-order valence-corrected chi connectivity index (χ4v) is 3.75. The summed E-state index contributed by atoms with van der Waals surface area (Å²) in [5.74, 6) is 0.717. The molecule has 0 atom stereocenters. The van der Waals surface area contributed by atoms with Crippen molar-refractivity contribution >= 4 is 0 Å². The Morgan fingerprint density at radius 3 is 2.24 bits per heavy atom. The number of methoxy groups -OCH3 is 1. The van der Waals surface area contributed by atoms with E-state index in [2.05, 4.69) is 6.92 Å². The Morgan fingerprint density at radius 1 is 0.920 bits per heavy atom. The molecule has 0 saturated heterocycles. The summed E-state index contributed by atoms with van der Waals surface area (Å²) >= 11 is 0. The summed E-state index contributed by atoms with van der Waals surface area (Å²) in [5, 5.41) is 0. The van der Waals surface area contributed by atoms with Crippen LogP contribution in [-0.4, -0.2) is 7.11 Å². The second-order valence-electron chi connectivity index (χ2n) is 7.29. The number of rotatable bonds is 5. The van der Waals surface area contributed by atoms with Gasteiger partial charge in [-0.15, -0.1) is 0 Å². The smallest absolute Gasteiger partial charge is 0.166 e. The lowest BCUT2D eigenvalue weighted by Gasteiger charge is -2.26. The zero-order valence-corrected chi connectivity index (χ0v) is 15.0. The van der Waals surface area contributed by atoms with Crippen molar-refractivity contribution < 1.29 is 13.5 Å². The molecular formula is C22H26F2O. The summed E-state index contributed by atoms with van der Waals surface area (Å²) < 4.78 is 34.2. The van der Waals surface area contributed by atoms with E-state index in [4.69, 9.17) is 4.74 Å². The Balaban J connectivity index is 1.71. The fraction of sp³-hybridized carbons (Fsp3) is 0.455. The first-order valence-electron chi connectivity index (χ1n) is 9.19. The molecule has 0 aliphatic heterocycles. The largest absolute Gasteiger partial charge is 0.497 e. The van der Waals surface area contributed by atoms with Gasteiger partial charge in [-0.05, 0) is 47.9 Å². The third kappa shape index (κ3) is 4.20. The lowest BCUT2D eigenvalue weighted by atomic mass is 9.80. The van der Waals surface area contributed by atoms with Crippen LogP contribution < -0.4 is 4.74 Å². The molecule has 0 unspecified atom stereocenters. The molecule has 3 rings (SSSR count). The highest BCUT2D eigenvalue weighted by Crippen LogP contribution is 2.33. The van der Waals surface area contributed by atoms with E-state index in [0.717, 1.165) is 12.3 Å². The molecule has 0 N–H and O–H groups in total. The number of hydrogen-bond acceptors (Lipinski definition) is 1. The maximum absolute atomic E-state index is 14.5. The van der Waals surface area contributed by atoms with E-state index in [0.29, 0.717) is 34.8 Å². The molecule has 2 aromatic rings. The van der Waals surface area contributed by atoms with Crippen molar-refractivity contribution in [2.75, 3.05) is 7.11 Å². The summed E-state index contributed by atoms with van der Waals surface area (Å²) in [4.78, 5) is 0. The zero-order valence-electron chi connectivity index (χ0n) is 15.0. The van der Waals surface area contributed by atoms with Gasteiger partial charge in [0.05, 0.1) is 7.11 Å². The van der Waals surface area contributed by atoms with Gasteiger partial charge in [-0.25, -0.2) is 8.78 Å². The van der Waals surface area contributed by atoms with E-state index in [-0.39, 0.29) is 0 Å². The van der Waals surface area contributed by atoms with Crippen molar-refractivity contribution in [1.29, 1.82) is 0 Å². The number of ether oxygens (including phenoxy) is 1. The van der Waals surface area contributed by atoms with Gasteiger partial charge in [-0.1, -0.05) is 56.9 Å². The first kappa shape index (κ1) is 17.9. The molecule has 2 aromatic carbocycles. The third-order valence-electron chi connectivity index (χ3n) is 5.52. The molecule has 3 heteroatoms. The molecule has 1 aliphatic carbocycles. The molecule has 1 aliphatic rings. The van der Waals surface area contributed by atoms with E-state index in [1.165, 1.54) is 25.7 Å². The van der Waals surface area contributed by atoms with Crippen molar-refractivity contribution in [2.45, 2.75) is 45.4 Å². The van der Waals surface area contributed by atoms with Crippen LogP contribution in [0.5, 0.6) is 5.75 Å². The third-order valence-corrected chi connectivity index (χ3v) is 5.52. The molecule has 0 aromatic heterocycles. The molecule has 1 saturated carbocycles. The molecule has 0 bridgehead atoms. The summed E-state index contributed by atoms with van der Waals surface area (Å²) in [5.41, 5.74) is 1.45. The van der Waals surface area contributed by atoms with Gasteiger partial charge in [0.2, 0.25) is 0 Å². The molecule has 0 amide bonds. The van der Waals surface area contributed by atoms with Crippen LogP contribution in [0.15, 0.2) is 36.4 Å². The molecule has 1 fully saturated rings. The Hall–Kier alpha value is -1.90. The van der Waals surface area contributed by atoms with Crippen LogP contribution in [0.3, 0.4) is 0 Å². The number of halogens is 2. The molecule has 0 spiro atoms. The van der Waals surface area contributed by atoms with Crippen molar-refractivity contribution in [3.8, 4) is 16.9 Å². The van der Waals surface area contributed by atoms with E-state index in [9.17, 15) is 8.78 Å². The predicted molar refractivity (Wildman–Crippen MR) is 97.8 cm³/mol. The fourth-order valence-electron chi connectivity index (χ4n) is 3.75. The van der Waals surface area contributed by atoms with Gasteiger partial charge in [-0.3, -0.25) is 0 Å². The first-order valence-corrected chi connectivity index (χ1v) is 9.19. The molecule has 0 radical (unpaired) electrons. The van der Waals surface area contributed by atoms with Crippen LogP contribution >= 0.6 is 0 Å². The van der Waals surface area contributed by atoms with E-state index >= 15 is 0 Å². The minimum atomic E-state index is -0.750. The summed E-state index contributed by atoms with van der Waals surface area (Å²) in [6.45, 7) is 2.29. The second kappa shape index (κ2) is 7.99. The normalized spacial score (nSPS) is 20.5. The average Bonchev–Trinajstić information content (AvgIpc) is 2.64. The van der Waals surface area contributed by atoms with Crippen molar-refractivity contribution in [3.63, 3.8) is 0 Å². The number of aryl methyl sites for hydroxylation is 1. The van der Waals surface area contributed by atoms with Crippen LogP contribution in [0.4, 0.5) is 8.78 Å². The Kier molecular flexibility index (Phi) is 5.72. The van der Waals surface area contributed by atoms with Crippen molar-refractivity contribution in [3.05, 3.63) is 53.6 Å². The van der Waals surface area contributed by atoms with Gasteiger partial charge in [0.15, 0.2) is 11.6 Å². The predicted octanol–water partition coefficient (Wildman–Crippen LogP) is 6.40. The van der Waals surface area contributed by atoms with Crippen LogP contribution in [0.25, 0.3) is 11.1 Å². The van der Waals surface area contributed by atoms with Crippen LogP contribution in [-0.2, 0) is 6.42 Å². The van der Waals surface area contributed by atoms with Gasteiger partial charge in [-0.2, -0.15) is 0 Å². The second-order valence-corrected chi connectivity index (χ2v) is 7.29. The standard InChI is InChI=1S/C22H26F2O/c1-15-3-5-16(6-4-15)7-8-18-11-14-20(22(24)21(18)23)17-9-12-19(25-2)13-10-17/h9-16H,3-8H2,1-2H3. The highest BCUT2D eigenvalue weighted by atomic mass is 19.2. The molecule has 0 heterocycles. The quantitative estimate of drug-likeness (QED) is 0.610. The average molecular weight is 344 g/mol. The summed E-state index contributed by atoms with van der Waals surface area (Å²) in [6, 6.07) is 10.4. The Bertz CT molecular complexity index is 701. The minimum Gasteiger partial charge on any atom is -0.497 e. The molecule has 1 nitrogen and oxygen atoms in total.